The van der Waals surface area contributed by atoms with Gasteiger partial charge in [0, 0.05) is 16.8 Å². The molecule has 0 aliphatic heterocycles. The van der Waals surface area contributed by atoms with Gasteiger partial charge in [-0.3, -0.25) is 4.79 Å². The first-order valence-electron chi connectivity index (χ1n) is 8.37. The molecule has 6 heteroatoms. The van der Waals surface area contributed by atoms with Gasteiger partial charge in [-0.1, -0.05) is 12.1 Å². The molecule has 0 aliphatic rings. The molecule has 1 amide bonds. The normalized spacial score (nSPS) is 10.9. The van der Waals surface area contributed by atoms with E-state index in [2.05, 4.69) is 10.3 Å². The Morgan fingerprint density at radius 3 is 2.52 bits per heavy atom. The van der Waals surface area contributed by atoms with Gasteiger partial charge in [0.15, 0.2) is 5.82 Å². The maximum Gasteiger partial charge on any atom is 0.255 e. The fraction of sp³-hybridized carbons (Fsp3) is 0.0476. The lowest BCUT2D eigenvalue weighted by molar-refractivity contribution is 0.102. The molecule has 5 nitrogen and oxygen atoms in total. The number of hydrogen-bond donors (Lipinski definition) is 2. The van der Waals surface area contributed by atoms with Gasteiger partial charge in [0.2, 0.25) is 0 Å². The molecule has 0 saturated carbocycles. The van der Waals surface area contributed by atoms with Gasteiger partial charge in [0.25, 0.3) is 5.91 Å². The van der Waals surface area contributed by atoms with E-state index in [1.54, 1.807) is 37.3 Å². The summed E-state index contributed by atoms with van der Waals surface area (Å²) >= 11 is 0. The van der Waals surface area contributed by atoms with Crippen molar-refractivity contribution in [3.63, 3.8) is 0 Å². The number of aromatic nitrogens is 2. The van der Waals surface area contributed by atoms with Gasteiger partial charge in [-0.15, -0.1) is 0 Å². The van der Waals surface area contributed by atoms with Crippen LogP contribution in [0.5, 0.6) is 0 Å². The predicted octanol–water partition coefficient (Wildman–Crippen LogP) is 4.64. The van der Waals surface area contributed by atoms with Crippen LogP contribution in [-0.4, -0.2) is 20.8 Å². The van der Waals surface area contributed by atoms with Gasteiger partial charge in [0.1, 0.15) is 11.3 Å². The number of nitrogens with one attached hydrogen (secondary N) is 1. The standard InChI is InChI=1S/C21H16FN3O2/c1-13-12-15(8-11-17(13)22)21(26)23-16-9-6-14(7-10-16)20-24-18-4-2-3-5-19(18)25(20)27/h2-12,27H,1H3,(H,23,26). The van der Waals surface area contributed by atoms with Crippen LogP contribution in [0.2, 0.25) is 0 Å². The Bertz CT molecular complexity index is 1150. The van der Waals surface area contributed by atoms with Crippen LogP contribution in [0.4, 0.5) is 10.1 Å². The summed E-state index contributed by atoms with van der Waals surface area (Å²) in [5.74, 6) is -0.244. The number of aryl methyl sites for hydroxylation is 1. The number of hydrogen-bond acceptors (Lipinski definition) is 3. The van der Waals surface area contributed by atoms with Crippen LogP contribution in [0, 0.1) is 12.7 Å². The summed E-state index contributed by atoms with van der Waals surface area (Å²) in [6.45, 7) is 1.61. The molecule has 27 heavy (non-hydrogen) atoms. The number of carbonyl (C=O) groups excluding carboxylic acids is 1. The molecule has 4 aromatic rings. The lowest BCUT2D eigenvalue weighted by atomic mass is 10.1. The summed E-state index contributed by atoms with van der Waals surface area (Å²) in [4.78, 5) is 16.7. The maximum absolute atomic E-state index is 13.3. The van der Waals surface area contributed by atoms with E-state index in [1.165, 1.54) is 18.2 Å². The third-order valence-corrected chi connectivity index (χ3v) is 4.36. The van der Waals surface area contributed by atoms with Crippen molar-refractivity contribution in [3.8, 4) is 11.4 Å². The molecule has 1 heterocycles. The minimum Gasteiger partial charge on any atom is -0.426 e. The van der Waals surface area contributed by atoms with Crippen molar-refractivity contribution < 1.29 is 14.4 Å². The molecule has 0 radical (unpaired) electrons. The molecular formula is C21H16FN3O2. The Balaban J connectivity index is 1.57. The number of para-hydroxylation sites is 2. The third-order valence-electron chi connectivity index (χ3n) is 4.36. The Hall–Kier alpha value is -3.67. The van der Waals surface area contributed by atoms with Gasteiger partial charge in [-0.25, -0.2) is 9.37 Å². The SMILES string of the molecule is Cc1cc(C(=O)Nc2ccc(-c3nc4ccccc4n3O)cc2)ccc1F. The molecular weight excluding hydrogens is 345 g/mol. The molecule has 3 aromatic carbocycles. The third kappa shape index (κ3) is 3.13. The number of halogens is 1. The van der Waals surface area contributed by atoms with Crippen LogP contribution in [0.25, 0.3) is 22.4 Å². The predicted molar refractivity (Wildman–Crippen MR) is 101 cm³/mol. The van der Waals surface area contributed by atoms with Crippen molar-refractivity contribution in [2.75, 3.05) is 5.32 Å². The van der Waals surface area contributed by atoms with Gasteiger partial charge in [0.05, 0.1) is 5.52 Å². The summed E-state index contributed by atoms with van der Waals surface area (Å²) in [5.41, 5.74) is 3.42. The Morgan fingerprint density at radius 1 is 1.07 bits per heavy atom. The van der Waals surface area contributed by atoms with Crippen molar-refractivity contribution in [2.45, 2.75) is 6.92 Å². The molecule has 134 valence electrons. The first-order valence-corrected chi connectivity index (χ1v) is 8.37. The molecule has 0 fully saturated rings. The summed E-state index contributed by atoms with van der Waals surface area (Å²) in [7, 11) is 0. The highest BCUT2D eigenvalue weighted by atomic mass is 19.1. The Labute approximate surface area is 154 Å². The molecule has 0 spiro atoms. The Kier molecular flexibility index (Phi) is 4.08. The highest BCUT2D eigenvalue weighted by Gasteiger charge is 2.12. The van der Waals surface area contributed by atoms with E-state index >= 15 is 0 Å². The zero-order valence-electron chi connectivity index (χ0n) is 14.5. The molecule has 0 saturated heterocycles. The monoisotopic (exact) mass is 361 g/mol. The summed E-state index contributed by atoms with van der Waals surface area (Å²) in [6, 6.07) is 18.5. The Morgan fingerprint density at radius 2 is 1.81 bits per heavy atom. The van der Waals surface area contributed by atoms with Crippen LogP contribution in [0.15, 0.2) is 66.7 Å². The van der Waals surface area contributed by atoms with Crippen LogP contribution >= 0.6 is 0 Å². The molecule has 0 atom stereocenters. The first kappa shape index (κ1) is 16.8. The molecule has 4 rings (SSSR count). The van der Waals surface area contributed by atoms with Crippen LogP contribution in [0.1, 0.15) is 15.9 Å². The minimum atomic E-state index is -0.345. The van der Waals surface area contributed by atoms with Crippen LogP contribution < -0.4 is 5.32 Å². The van der Waals surface area contributed by atoms with Gasteiger partial charge in [-0.05, 0) is 67.1 Å². The van der Waals surface area contributed by atoms with Crippen molar-refractivity contribution in [1.82, 2.24) is 9.71 Å². The van der Waals surface area contributed by atoms with Gasteiger partial charge in [-0.2, -0.15) is 4.73 Å². The number of nitrogens with zero attached hydrogens (tertiary/aromatic N) is 2. The fourth-order valence-corrected chi connectivity index (χ4v) is 2.89. The van der Waals surface area contributed by atoms with E-state index < -0.39 is 0 Å². The maximum atomic E-state index is 13.3. The van der Waals surface area contributed by atoms with E-state index in [1.807, 2.05) is 18.2 Å². The quantitative estimate of drug-likeness (QED) is 0.522. The number of anilines is 1. The summed E-state index contributed by atoms with van der Waals surface area (Å²) < 4.78 is 14.4. The number of amides is 1. The highest BCUT2D eigenvalue weighted by molar-refractivity contribution is 6.04. The van der Waals surface area contributed by atoms with Gasteiger partial charge < -0.3 is 10.5 Å². The van der Waals surface area contributed by atoms with E-state index in [-0.39, 0.29) is 11.7 Å². The van der Waals surface area contributed by atoms with Gasteiger partial charge >= 0.3 is 0 Å². The lowest BCUT2D eigenvalue weighted by Crippen LogP contribution is -2.12. The molecule has 0 aliphatic carbocycles. The number of fused-ring (bicyclic) bond motifs is 1. The van der Waals surface area contributed by atoms with Crippen LogP contribution in [-0.2, 0) is 0 Å². The van der Waals surface area contributed by atoms with E-state index in [0.29, 0.717) is 39.2 Å². The molecule has 0 bridgehead atoms. The first-order chi connectivity index (χ1) is 13.0. The second-order valence-electron chi connectivity index (χ2n) is 6.23. The fourth-order valence-electron chi connectivity index (χ4n) is 2.89. The smallest absolute Gasteiger partial charge is 0.255 e. The second-order valence-corrected chi connectivity index (χ2v) is 6.23. The van der Waals surface area contributed by atoms with Crippen molar-refractivity contribution in [1.29, 1.82) is 0 Å². The van der Waals surface area contributed by atoms with Crippen LogP contribution in [0.3, 0.4) is 0 Å². The molecule has 2 N–H and O–H groups in total. The number of benzene rings is 3. The summed E-state index contributed by atoms with van der Waals surface area (Å²) in [5, 5.41) is 13.1. The highest BCUT2D eigenvalue weighted by Crippen LogP contribution is 2.24. The number of carbonyl (C=O) groups is 1. The average molecular weight is 361 g/mol. The number of imidazole rings is 1. The van der Waals surface area contributed by atoms with E-state index in [4.69, 9.17) is 0 Å². The average Bonchev–Trinajstić information content (AvgIpc) is 3.01. The largest absolute Gasteiger partial charge is 0.426 e. The summed E-state index contributed by atoms with van der Waals surface area (Å²) in [6.07, 6.45) is 0. The van der Waals surface area contributed by atoms with Crippen molar-refractivity contribution in [3.05, 3.63) is 83.7 Å². The van der Waals surface area contributed by atoms with Crippen molar-refractivity contribution in [2.24, 2.45) is 0 Å². The minimum absolute atomic E-state index is 0.319. The zero-order chi connectivity index (χ0) is 19.0. The van der Waals surface area contributed by atoms with E-state index in [0.717, 1.165) is 4.73 Å². The molecule has 1 aromatic heterocycles. The zero-order valence-corrected chi connectivity index (χ0v) is 14.5. The second kappa shape index (κ2) is 6.57. The topological polar surface area (TPSA) is 67.2 Å². The van der Waals surface area contributed by atoms with Crippen molar-refractivity contribution >= 4 is 22.6 Å². The molecule has 0 unspecified atom stereocenters. The lowest BCUT2D eigenvalue weighted by Gasteiger charge is -2.07. The number of rotatable bonds is 3. The van der Waals surface area contributed by atoms with E-state index in [9.17, 15) is 14.4 Å².